The van der Waals surface area contributed by atoms with E-state index in [1.807, 2.05) is 0 Å². The fourth-order valence-electron chi connectivity index (χ4n) is 4.45. The number of pyridine rings is 1. The molecular weight excluding hydrogens is 628 g/mol. The molecular formula is C28H35F6N5O5Si. The number of carbonyl (C=O) groups is 1. The van der Waals surface area contributed by atoms with Crippen LogP contribution in [0.5, 0.6) is 17.2 Å². The van der Waals surface area contributed by atoms with E-state index >= 15 is 0 Å². The highest BCUT2D eigenvalue weighted by molar-refractivity contribution is 6.76. The van der Waals surface area contributed by atoms with Crippen LogP contribution in [0.15, 0.2) is 36.7 Å². The molecule has 1 saturated heterocycles. The summed E-state index contributed by atoms with van der Waals surface area (Å²) in [5.74, 6) is -1.81. The van der Waals surface area contributed by atoms with Crippen molar-refractivity contribution in [3.8, 4) is 17.2 Å². The van der Waals surface area contributed by atoms with Gasteiger partial charge in [-0.05, 0) is 24.2 Å². The third kappa shape index (κ3) is 10.2. The third-order valence-corrected chi connectivity index (χ3v) is 8.42. The largest absolute Gasteiger partial charge is 0.573 e. The van der Waals surface area contributed by atoms with Crippen molar-refractivity contribution in [2.75, 3.05) is 51.3 Å². The van der Waals surface area contributed by atoms with Crippen LogP contribution in [0.25, 0.3) is 11.0 Å². The molecule has 1 aliphatic rings. The minimum Gasteiger partial charge on any atom is -0.453 e. The number of rotatable bonds is 12. The van der Waals surface area contributed by atoms with Crippen molar-refractivity contribution in [2.45, 2.75) is 45.0 Å². The van der Waals surface area contributed by atoms with E-state index in [0.717, 1.165) is 30.4 Å². The number of benzene rings is 1. The number of anilines is 1. The van der Waals surface area contributed by atoms with Crippen molar-refractivity contribution in [3.63, 3.8) is 0 Å². The molecule has 0 unspecified atom stereocenters. The van der Waals surface area contributed by atoms with Gasteiger partial charge in [-0.3, -0.25) is 4.90 Å². The van der Waals surface area contributed by atoms with Gasteiger partial charge in [0.05, 0.1) is 24.2 Å². The number of carbonyl (C=O) groups excluding carboxylic acids is 1. The molecule has 4 rings (SSSR count). The van der Waals surface area contributed by atoms with Gasteiger partial charge in [-0.2, -0.15) is 13.2 Å². The number of alkyl halides is 6. The van der Waals surface area contributed by atoms with Gasteiger partial charge in [-0.25, -0.2) is 9.78 Å². The lowest BCUT2D eigenvalue weighted by molar-refractivity contribution is -0.275. The molecule has 0 saturated carbocycles. The lowest BCUT2D eigenvalue weighted by atomic mass is 10.2. The number of ether oxygens (including phenoxy) is 4. The predicted molar refractivity (Wildman–Crippen MR) is 156 cm³/mol. The summed E-state index contributed by atoms with van der Waals surface area (Å²) in [5, 5.41) is 4.58. The van der Waals surface area contributed by atoms with Gasteiger partial charge in [0, 0.05) is 65.0 Å². The summed E-state index contributed by atoms with van der Waals surface area (Å²) in [6, 6.07) is 4.39. The number of halogens is 6. The fraction of sp³-hybridized carbons (Fsp3) is 0.500. The van der Waals surface area contributed by atoms with E-state index in [9.17, 15) is 31.1 Å². The fourth-order valence-corrected chi connectivity index (χ4v) is 5.20. The zero-order chi connectivity index (χ0) is 32.8. The molecule has 0 aliphatic carbocycles. The Kier molecular flexibility index (Phi) is 10.9. The average molecular weight is 664 g/mol. The quantitative estimate of drug-likeness (QED) is 0.130. The number of nitrogens with one attached hydrogen (secondary N) is 2. The Hall–Kier alpha value is -3.54. The number of aromatic nitrogens is 2. The summed E-state index contributed by atoms with van der Waals surface area (Å²) in [6.45, 7) is 9.97. The smallest absolute Gasteiger partial charge is 0.453 e. The van der Waals surface area contributed by atoms with Gasteiger partial charge in [0.15, 0.2) is 11.5 Å². The Balaban J connectivity index is 1.55. The normalized spacial score (nSPS) is 14.9. The van der Waals surface area contributed by atoms with Gasteiger partial charge in [0.1, 0.15) is 18.1 Å². The topological polar surface area (TPSA) is 99.1 Å². The molecule has 2 amide bonds. The first-order valence-electron chi connectivity index (χ1n) is 14.1. The second kappa shape index (κ2) is 14.3. The van der Waals surface area contributed by atoms with Crippen LogP contribution < -0.4 is 20.1 Å². The molecule has 45 heavy (non-hydrogen) atoms. The van der Waals surface area contributed by atoms with Crippen LogP contribution in [0.2, 0.25) is 25.7 Å². The molecule has 1 aliphatic heterocycles. The zero-order valence-corrected chi connectivity index (χ0v) is 26.0. The Morgan fingerprint density at radius 1 is 1.04 bits per heavy atom. The number of urea groups is 1. The SMILES string of the molecule is C[Si](C)(C)CCOCn1cc(C(F)(F)F)c2c(Oc3ccc(NC(=O)NCCN4CCOCC4)cc3OC(F)(F)F)ccnc21. The molecule has 0 atom stereocenters. The summed E-state index contributed by atoms with van der Waals surface area (Å²) in [4.78, 5) is 18.5. The summed E-state index contributed by atoms with van der Waals surface area (Å²) in [6.07, 6.45) is -8.00. The highest BCUT2D eigenvalue weighted by Crippen LogP contribution is 2.43. The van der Waals surface area contributed by atoms with E-state index in [1.54, 1.807) is 0 Å². The first kappa shape index (κ1) is 34.3. The second-order valence-corrected chi connectivity index (χ2v) is 17.1. The number of hydrogen-bond donors (Lipinski definition) is 2. The summed E-state index contributed by atoms with van der Waals surface area (Å²) in [5.41, 5.74) is -1.29. The van der Waals surface area contributed by atoms with Crippen molar-refractivity contribution >= 4 is 30.8 Å². The summed E-state index contributed by atoms with van der Waals surface area (Å²) >= 11 is 0. The van der Waals surface area contributed by atoms with E-state index < -0.39 is 54.8 Å². The van der Waals surface area contributed by atoms with Gasteiger partial charge in [0.2, 0.25) is 0 Å². The highest BCUT2D eigenvalue weighted by Gasteiger charge is 2.37. The minimum atomic E-state index is -5.17. The number of fused-ring (bicyclic) bond motifs is 1. The Labute approximate surface area is 256 Å². The van der Waals surface area contributed by atoms with Crippen molar-refractivity contribution in [1.82, 2.24) is 19.8 Å². The number of nitrogens with zero attached hydrogens (tertiary/aromatic N) is 3. The molecule has 3 aromatic rings. The van der Waals surface area contributed by atoms with Crippen LogP contribution in [0, 0.1) is 0 Å². The molecule has 0 radical (unpaired) electrons. The molecule has 1 fully saturated rings. The molecule has 2 N–H and O–H groups in total. The maximum atomic E-state index is 14.1. The van der Waals surface area contributed by atoms with Crippen LogP contribution in [0.3, 0.4) is 0 Å². The lowest BCUT2D eigenvalue weighted by Gasteiger charge is -2.26. The van der Waals surface area contributed by atoms with Crippen LogP contribution in [-0.2, 0) is 22.4 Å². The standard InChI is InChI=1S/C28H35F6N5O5Si/c1-45(2,3)15-14-42-18-39-17-20(27(29,30)31)24-22(6-7-35-25(24)39)43-21-5-4-19(16-23(21)44-28(32,33)34)37-26(40)36-8-9-38-10-12-41-13-11-38/h4-7,16-17H,8-15,18H2,1-3H3,(H2,36,37,40). The van der Waals surface area contributed by atoms with Gasteiger partial charge in [0.25, 0.3) is 0 Å². The van der Waals surface area contributed by atoms with Gasteiger partial charge in [-0.15, -0.1) is 13.2 Å². The Morgan fingerprint density at radius 3 is 2.44 bits per heavy atom. The Morgan fingerprint density at radius 2 is 1.78 bits per heavy atom. The van der Waals surface area contributed by atoms with Gasteiger partial charge < -0.3 is 34.1 Å². The van der Waals surface area contributed by atoms with E-state index in [1.165, 1.54) is 16.8 Å². The second-order valence-electron chi connectivity index (χ2n) is 11.5. The van der Waals surface area contributed by atoms with Crippen molar-refractivity contribution < 1.29 is 50.1 Å². The molecule has 0 bridgehead atoms. The Bertz CT molecular complexity index is 1450. The molecule has 17 heteroatoms. The van der Waals surface area contributed by atoms with Gasteiger partial charge >= 0.3 is 18.6 Å². The molecule has 2 aromatic heterocycles. The number of morpholine rings is 1. The highest BCUT2D eigenvalue weighted by atomic mass is 28.3. The first-order valence-corrected chi connectivity index (χ1v) is 17.9. The third-order valence-electron chi connectivity index (χ3n) is 6.72. The van der Waals surface area contributed by atoms with Crippen molar-refractivity contribution in [2.24, 2.45) is 0 Å². The van der Waals surface area contributed by atoms with E-state index in [4.69, 9.17) is 14.2 Å². The van der Waals surface area contributed by atoms with E-state index in [2.05, 4.69) is 44.9 Å². The first-order chi connectivity index (χ1) is 21.1. The summed E-state index contributed by atoms with van der Waals surface area (Å²) < 4.78 is 104. The van der Waals surface area contributed by atoms with Crippen LogP contribution in [0.1, 0.15) is 5.56 Å². The van der Waals surface area contributed by atoms with Crippen LogP contribution in [-0.4, -0.2) is 80.9 Å². The number of hydrogen-bond acceptors (Lipinski definition) is 7. The molecule has 248 valence electrons. The maximum absolute atomic E-state index is 14.1. The van der Waals surface area contributed by atoms with Crippen molar-refractivity contribution in [1.29, 1.82) is 0 Å². The van der Waals surface area contributed by atoms with Gasteiger partial charge in [-0.1, -0.05) is 19.6 Å². The van der Waals surface area contributed by atoms with Crippen molar-refractivity contribution in [3.05, 3.63) is 42.2 Å². The monoisotopic (exact) mass is 663 g/mol. The molecule has 1 aromatic carbocycles. The minimum absolute atomic E-state index is 0.0667. The van der Waals surface area contributed by atoms with Crippen LogP contribution in [0.4, 0.5) is 36.8 Å². The lowest BCUT2D eigenvalue weighted by Crippen LogP contribution is -2.42. The summed E-state index contributed by atoms with van der Waals surface area (Å²) in [7, 11) is -1.45. The average Bonchev–Trinajstić information content (AvgIpc) is 3.32. The zero-order valence-electron chi connectivity index (χ0n) is 25.0. The maximum Gasteiger partial charge on any atom is 0.573 e. The number of amides is 2. The molecule has 3 heterocycles. The van der Waals surface area contributed by atoms with Crippen LogP contribution >= 0.6 is 0 Å². The predicted octanol–water partition coefficient (Wildman–Crippen LogP) is 6.51. The molecule has 10 nitrogen and oxygen atoms in total. The molecule has 0 spiro atoms. The van der Waals surface area contributed by atoms with E-state index in [-0.39, 0.29) is 24.6 Å². The van der Waals surface area contributed by atoms with E-state index in [0.29, 0.717) is 39.5 Å².